The third-order valence-corrected chi connectivity index (χ3v) is 4.02. The lowest BCUT2D eigenvalue weighted by Crippen LogP contribution is -2.31. The van der Waals surface area contributed by atoms with Gasteiger partial charge in [-0.1, -0.05) is 30.3 Å². The molecule has 2 aliphatic rings. The third kappa shape index (κ3) is 2.73. The van der Waals surface area contributed by atoms with Gasteiger partial charge in [-0.3, -0.25) is 19.9 Å². The van der Waals surface area contributed by atoms with E-state index in [2.05, 4.69) is 10.4 Å². The molecule has 3 rings (SSSR count). The first-order valence-electron chi connectivity index (χ1n) is 6.43. The Morgan fingerprint density at radius 1 is 1.36 bits per heavy atom. The maximum absolute atomic E-state index is 11.6. The fourth-order valence-electron chi connectivity index (χ4n) is 2.18. The van der Waals surface area contributed by atoms with E-state index >= 15 is 0 Å². The molecule has 7 nitrogen and oxygen atoms in total. The van der Waals surface area contributed by atoms with E-state index < -0.39 is 23.2 Å². The molecule has 112 valence electrons. The number of carboxylic acids is 1. The maximum Gasteiger partial charge on any atom is 0.328 e. The first kappa shape index (κ1) is 14.3. The van der Waals surface area contributed by atoms with Crippen molar-refractivity contribution in [3.05, 3.63) is 47.0 Å². The van der Waals surface area contributed by atoms with Gasteiger partial charge in [0, 0.05) is 12.6 Å². The number of thioether (sulfide) groups is 1. The highest BCUT2D eigenvalue weighted by Crippen LogP contribution is 2.27. The Morgan fingerprint density at radius 2 is 2.09 bits per heavy atom. The second-order valence-electron chi connectivity index (χ2n) is 4.69. The van der Waals surface area contributed by atoms with Gasteiger partial charge in [0.2, 0.25) is 0 Å². The molecule has 1 atom stereocenters. The van der Waals surface area contributed by atoms with Gasteiger partial charge in [0.1, 0.15) is 4.91 Å². The minimum atomic E-state index is -1.04. The highest BCUT2D eigenvalue weighted by atomic mass is 32.2. The summed E-state index contributed by atoms with van der Waals surface area (Å²) in [7, 11) is 0. The largest absolute Gasteiger partial charge is 0.480 e. The first-order valence-corrected chi connectivity index (χ1v) is 7.25. The predicted molar refractivity (Wildman–Crippen MR) is 80.1 cm³/mol. The van der Waals surface area contributed by atoms with E-state index in [1.165, 1.54) is 11.2 Å². The molecule has 0 saturated carbocycles. The smallest absolute Gasteiger partial charge is 0.328 e. The second-order valence-corrected chi connectivity index (χ2v) is 5.70. The average Bonchev–Trinajstić information content (AvgIpc) is 3.04. The summed E-state index contributed by atoms with van der Waals surface area (Å²) in [5, 5.41) is 16.5. The van der Waals surface area contributed by atoms with Gasteiger partial charge in [-0.25, -0.2) is 4.79 Å². The monoisotopic (exact) mass is 317 g/mol. The highest BCUT2D eigenvalue weighted by molar-refractivity contribution is 8.18. The summed E-state index contributed by atoms with van der Waals surface area (Å²) in [6.07, 6.45) is 1.53. The number of rotatable bonds is 3. The number of nitrogens with zero attached hydrogens (tertiary/aromatic N) is 2. The number of amides is 2. The van der Waals surface area contributed by atoms with Crippen molar-refractivity contribution in [3.8, 4) is 0 Å². The Balaban J connectivity index is 1.91. The van der Waals surface area contributed by atoms with Crippen LogP contribution in [0.1, 0.15) is 12.0 Å². The number of benzene rings is 1. The molecule has 2 N–H and O–H groups in total. The van der Waals surface area contributed by atoms with E-state index in [4.69, 9.17) is 0 Å². The average molecular weight is 317 g/mol. The zero-order valence-electron chi connectivity index (χ0n) is 11.2. The van der Waals surface area contributed by atoms with Crippen molar-refractivity contribution in [3.63, 3.8) is 0 Å². The fraction of sp³-hybridized carbons (Fsp3) is 0.143. The van der Waals surface area contributed by atoms with Crippen LogP contribution < -0.4 is 5.32 Å². The molecule has 1 aromatic carbocycles. The van der Waals surface area contributed by atoms with Crippen molar-refractivity contribution in [2.75, 3.05) is 0 Å². The Morgan fingerprint density at radius 3 is 2.68 bits per heavy atom. The van der Waals surface area contributed by atoms with Crippen LogP contribution in [0.2, 0.25) is 0 Å². The molecule has 2 heterocycles. The zero-order valence-corrected chi connectivity index (χ0v) is 12.0. The topological polar surface area (TPSA) is 99.1 Å². The summed E-state index contributed by atoms with van der Waals surface area (Å²) in [6, 6.07) is 8.33. The lowest BCUT2D eigenvalue weighted by Gasteiger charge is -2.15. The number of hydrazone groups is 1. The molecule has 0 spiro atoms. The number of carbonyl (C=O) groups is 3. The number of aliphatic carboxylic acids is 1. The summed E-state index contributed by atoms with van der Waals surface area (Å²) in [5.74, 6) is -1.58. The second kappa shape index (κ2) is 5.64. The van der Waals surface area contributed by atoms with Gasteiger partial charge in [-0.15, -0.1) is 0 Å². The van der Waals surface area contributed by atoms with Crippen molar-refractivity contribution in [2.24, 2.45) is 5.10 Å². The lowest BCUT2D eigenvalue weighted by atomic mass is 10.0. The number of hydrogen-bond acceptors (Lipinski definition) is 6. The molecule has 0 radical (unpaired) electrons. The van der Waals surface area contributed by atoms with Crippen molar-refractivity contribution < 1.29 is 19.5 Å². The van der Waals surface area contributed by atoms with E-state index in [1.54, 1.807) is 0 Å². The maximum atomic E-state index is 11.6. The summed E-state index contributed by atoms with van der Waals surface area (Å²) in [5.41, 5.74) is 1.45. The highest BCUT2D eigenvalue weighted by Gasteiger charge is 2.34. The molecule has 0 unspecified atom stereocenters. The minimum Gasteiger partial charge on any atom is -0.480 e. The van der Waals surface area contributed by atoms with Crippen molar-refractivity contribution in [2.45, 2.75) is 12.5 Å². The first-order chi connectivity index (χ1) is 10.5. The molecule has 2 aliphatic heterocycles. The van der Waals surface area contributed by atoms with Crippen molar-refractivity contribution in [1.82, 2.24) is 10.3 Å². The Kier molecular flexibility index (Phi) is 3.68. The van der Waals surface area contributed by atoms with Crippen LogP contribution in [-0.2, 0) is 9.59 Å². The Hall–Kier alpha value is -2.61. The summed E-state index contributed by atoms with van der Waals surface area (Å²) >= 11 is 0.729. The SMILES string of the molecule is O=C1NC(=O)/C(=C/N2N=C(c3ccccc3)C[C@@H]2C(=O)O)S1. The predicted octanol–water partition coefficient (Wildman–Crippen LogP) is 1.37. The van der Waals surface area contributed by atoms with E-state index in [0.29, 0.717) is 5.71 Å². The summed E-state index contributed by atoms with van der Waals surface area (Å²) < 4.78 is 0. The number of hydrogen-bond donors (Lipinski definition) is 2. The van der Waals surface area contributed by atoms with Crippen LogP contribution in [0.4, 0.5) is 4.79 Å². The van der Waals surface area contributed by atoms with Crippen LogP contribution in [0.25, 0.3) is 0 Å². The molecular weight excluding hydrogens is 306 g/mol. The van der Waals surface area contributed by atoms with Gasteiger partial charge in [-0.05, 0) is 17.3 Å². The Labute approximate surface area is 129 Å². The standard InChI is InChI=1S/C14H11N3O4S/c18-12-11(22-14(21)15-12)7-17-10(13(19)20)6-9(16-17)8-4-2-1-3-5-8/h1-5,7,10H,6H2,(H,19,20)(H,15,18,21)/b11-7-/t10-/m1/s1. The van der Waals surface area contributed by atoms with Crippen LogP contribution in [0.3, 0.4) is 0 Å². The van der Waals surface area contributed by atoms with Gasteiger partial charge in [0.05, 0.1) is 5.71 Å². The molecule has 8 heteroatoms. The van der Waals surface area contributed by atoms with Gasteiger partial charge >= 0.3 is 5.97 Å². The molecule has 1 saturated heterocycles. The number of carbonyl (C=O) groups excluding carboxylic acids is 2. The van der Waals surface area contributed by atoms with Crippen LogP contribution in [0, 0.1) is 0 Å². The van der Waals surface area contributed by atoms with Gasteiger partial charge in [0.15, 0.2) is 6.04 Å². The van der Waals surface area contributed by atoms with Gasteiger partial charge < -0.3 is 5.11 Å². The van der Waals surface area contributed by atoms with E-state index in [1.807, 2.05) is 30.3 Å². The van der Waals surface area contributed by atoms with Crippen molar-refractivity contribution >= 4 is 34.6 Å². The number of carboxylic acid groups (broad SMARTS) is 1. The fourth-order valence-corrected chi connectivity index (χ4v) is 2.83. The van der Waals surface area contributed by atoms with Gasteiger partial charge in [-0.2, -0.15) is 5.10 Å². The zero-order chi connectivity index (χ0) is 15.7. The van der Waals surface area contributed by atoms with E-state index in [0.717, 1.165) is 17.3 Å². The lowest BCUT2D eigenvalue weighted by molar-refractivity contribution is -0.141. The Bertz CT molecular complexity index is 714. The molecule has 1 fully saturated rings. The van der Waals surface area contributed by atoms with Crippen LogP contribution in [-0.4, -0.2) is 39.0 Å². The van der Waals surface area contributed by atoms with Gasteiger partial charge in [0.25, 0.3) is 11.1 Å². The molecule has 0 aliphatic carbocycles. The van der Waals surface area contributed by atoms with Crippen LogP contribution >= 0.6 is 11.8 Å². The molecule has 0 bridgehead atoms. The summed E-state index contributed by atoms with van der Waals surface area (Å²) in [4.78, 5) is 34.2. The molecular formula is C14H11N3O4S. The van der Waals surface area contributed by atoms with Crippen LogP contribution in [0.15, 0.2) is 46.5 Å². The van der Waals surface area contributed by atoms with Crippen LogP contribution in [0.5, 0.6) is 0 Å². The molecule has 2 amide bonds. The van der Waals surface area contributed by atoms with E-state index in [-0.39, 0.29) is 11.3 Å². The minimum absolute atomic E-state index is 0.134. The molecule has 22 heavy (non-hydrogen) atoms. The number of imide groups is 1. The van der Waals surface area contributed by atoms with E-state index in [9.17, 15) is 19.5 Å². The normalized spacial score (nSPS) is 22.9. The molecule has 1 aromatic rings. The third-order valence-electron chi connectivity index (χ3n) is 3.23. The molecule has 0 aromatic heterocycles. The number of nitrogens with one attached hydrogen (secondary N) is 1. The summed E-state index contributed by atoms with van der Waals surface area (Å²) in [6.45, 7) is 0. The quantitative estimate of drug-likeness (QED) is 0.817. The van der Waals surface area contributed by atoms with Crippen molar-refractivity contribution in [1.29, 1.82) is 0 Å².